The molecule has 0 aliphatic heterocycles. The summed E-state index contributed by atoms with van der Waals surface area (Å²) < 4.78 is 0. The van der Waals surface area contributed by atoms with Crippen LogP contribution in [0, 0.1) is 12.3 Å². The number of nitrogens with two attached hydrogens (primary N) is 1. The maximum atomic E-state index is 12.5. The lowest BCUT2D eigenvalue weighted by Crippen LogP contribution is -2.29. The van der Waals surface area contributed by atoms with Gasteiger partial charge in [0.2, 0.25) is 5.91 Å². The molecule has 3 aromatic rings. The van der Waals surface area contributed by atoms with Crippen LogP contribution in [0.2, 0.25) is 0 Å². The molecular weight excluding hydrogens is 458 g/mol. The number of aryl methyl sites for hydroxylation is 1. The molecule has 6 N–H and O–H groups in total. The second kappa shape index (κ2) is 11.5. The number of thiophene rings is 1. The zero-order chi connectivity index (χ0) is 25.5. The van der Waals surface area contributed by atoms with Gasteiger partial charge in [-0.1, -0.05) is 30.9 Å². The van der Waals surface area contributed by atoms with Crippen LogP contribution in [0.15, 0.2) is 72.4 Å². The van der Waals surface area contributed by atoms with Crippen molar-refractivity contribution in [2.45, 2.75) is 33.2 Å². The molecule has 0 bridgehead atoms. The average Bonchev–Trinajstić information content (AvgIpc) is 3.31. The molecule has 0 fully saturated rings. The van der Waals surface area contributed by atoms with Gasteiger partial charge in [-0.2, -0.15) is 0 Å². The third kappa shape index (κ3) is 7.05. The van der Waals surface area contributed by atoms with Crippen molar-refractivity contribution in [2.24, 2.45) is 0 Å². The summed E-state index contributed by atoms with van der Waals surface area (Å²) in [6, 6.07) is 14.8. The van der Waals surface area contributed by atoms with E-state index in [9.17, 15) is 10.0 Å². The lowest BCUT2D eigenvalue weighted by Gasteiger charge is -2.24. The molecule has 35 heavy (non-hydrogen) atoms. The third-order valence-corrected chi connectivity index (χ3v) is 6.14. The molecule has 1 amide bonds. The number of carbonyl (C=O) groups excluding carboxylic acids is 1. The van der Waals surface area contributed by atoms with Crippen molar-refractivity contribution in [3.05, 3.63) is 94.0 Å². The van der Waals surface area contributed by atoms with E-state index in [1.165, 1.54) is 11.3 Å². The van der Waals surface area contributed by atoms with Crippen LogP contribution in [0.25, 0.3) is 6.08 Å². The summed E-state index contributed by atoms with van der Waals surface area (Å²) in [6.45, 7) is 9.44. The number of benzene rings is 2. The molecule has 7 nitrogen and oxygen atoms in total. The van der Waals surface area contributed by atoms with Crippen LogP contribution in [0.5, 0.6) is 0 Å². The van der Waals surface area contributed by atoms with Crippen molar-refractivity contribution in [1.29, 1.82) is 5.41 Å². The Bertz CT molecular complexity index is 1250. The first-order valence-corrected chi connectivity index (χ1v) is 12.1. The van der Waals surface area contributed by atoms with E-state index in [-0.39, 0.29) is 17.7 Å². The second-order valence-corrected chi connectivity index (χ2v) is 9.47. The highest BCUT2D eigenvalue weighted by atomic mass is 32.1. The minimum absolute atomic E-state index is 0.108. The summed E-state index contributed by atoms with van der Waals surface area (Å²) >= 11 is 1.54. The molecule has 1 heterocycles. The van der Waals surface area contributed by atoms with Gasteiger partial charge in [-0.05, 0) is 73.7 Å². The fourth-order valence-electron chi connectivity index (χ4n) is 3.39. The Labute approximate surface area is 210 Å². The Morgan fingerprint density at radius 1 is 1.23 bits per heavy atom. The summed E-state index contributed by atoms with van der Waals surface area (Å²) in [5.74, 6) is 0.258. The molecule has 0 saturated carbocycles. The number of hydrogen-bond donors (Lipinski definition) is 5. The molecule has 0 aliphatic carbocycles. The number of rotatable bonds is 10. The van der Waals surface area contributed by atoms with Gasteiger partial charge in [0.05, 0.1) is 18.2 Å². The first-order valence-electron chi connectivity index (χ1n) is 11.2. The van der Waals surface area contributed by atoms with Crippen molar-refractivity contribution in [2.75, 3.05) is 16.4 Å². The number of allylic oxidation sites excluding steroid dienone is 1. The van der Waals surface area contributed by atoms with Crippen LogP contribution >= 0.6 is 11.3 Å². The number of anilines is 3. The molecule has 0 unspecified atom stereocenters. The summed E-state index contributed by atoms with van der Waals surface area (Å²) in [6.07, 6.45) is 3.78. The van der Waals surface area contributed by atoms with E-state index in [4.69, 9.17) is 11.1 Å². The largest absolute Gasteiger partial charge is 0.398 e. The van der Waals surface area contributed by atoms with E-state index in [1.54, 1.807) is 18.2 Å². The lowest BCUT2D eigenvalue weighted by atomic mass is 10.0. The quantitative estimate of drug-likeness (QED) is 0.139. The van der Waals surface area contributed by atoms with E-state index in [0.717, 1.165) is 26.8 Å². The van der Waals surface area contributed by atoms with E-state index >= 15 is 0 Å². The van der Waals surface area contributed by atoms with E-state index < -0.39 is 0 Å². The van der Waals surface area contributed by atoms with Crippen LogP contribution in [-0.2, 0) is 11.2 Å². The van der Waals surface area contributed by atoms with Gasteiger partial charge in [0.25, 0.3) is 0 Å². The number of hydrogen-bond acceptors (Lipinski definition) is 7. The Hall–Kier alpha value is -3.88. The summed E-state index contributed by atoms with van der Waals surface area (Å²) in [4.78, 5) is 13.5. The van der Waals surface area contributed by atoms with Crippen molar-refractivity contribution in [3.63, 3.8) is 0 Å². The Balaban J connectivity index is 1.72. The molecule has 0 aliphatic rings. The van der Waals surface area contributed by atoms with E-state index in [2.05, 4.69) is 17.2 Å². The number of carbonyl (C=O) groups is 1. The molecule has 0 radical (unpaired) electrons. The van der Waals surface area contributed by atoms with Crippen LogP contribution < -0.4 is 16.4 Å². The molecule has 3 rings (SSSR count). The molecule has 182 valence electrons. The molecule has 0 saturated heterocycles. The summed E-state index contributed by atoms with van der Waals surface area (Å²) in [5, 5.41) is 27.6. The van der Waals surface area contributed by atoms with Crippen LogP contribution in [0.4, 0.5) is 17.1 Å². The minimum atomic E-state index is -0.113. The number of hydroxylamine groups is 2. The van der Waals surface area contributed by atoms with Crippen molar-refractivity contribution >= 4 is 46.1 Å². The topological polar surface area (TPSA) is 114 Å². The van der Waals surface area contributed by atoms with Crippen LogP contribution in [0.3, 0.4) is 0 Å². The fraction of sp³-hybridized carbons (Fsp3) is 0.185. The van der Waals surface area contributed by atoms with Crippen molar-refractivity contribution in [1.82, 2.24) is 5.06 Å². The van der Waals surface area contributed by atoms with Crippen LogP contribution in [-0.4, -0.2) is 27.9 Å². The van der Waals surface area contributed by atoms with Gasteiger partial charge in [0, 0.05) is 27.5 Å². The smallest absolute Gasteiger partial charge is 0.229 e. The normalized spacial score (nSPS) is 11.0. The van der Waals surface area contributed by atoms with Gasteiger partial charge in [0.1, 0.15) is 5.82 Å². The van der Waals surface area contributed by atoms with Gasteiger partial charge in [-0.15, -0.1) is 11.3 Å². The Morgan fingerprint density at radius 2 is 2.00 bits per heavy atom. The maximum absolute atomic E-state index is 12.5. The van der Waals surface area contributed by atoms with Gasteiger partial charge >= 0.3 is 0 Å². The summed E-state index contributed by atoms with van der Waals surface area (Å²) in [7, 11) is 0. The number of nitrogens with one attached hydrogen (secondary N) is 3. The zero-order valence-electron chi connectivity index (χ0n) is 20.1. The zero-order valence-corrected chi connectivity index (χ0v) is 20.9. The molecule has 0 spiro atoms. The number of amides is 1. The second-order valence-electron chi connectivity index (χ2n) is 8.44. The summed E-state index contributed by atoms with van der Waals surface area (Å²) in [5.41, 5.74) is 10.5. The highest BCUT2D eigenvalue weighted by Gasteiger charge is 2.12. The average molecular weight is 490 g/mol. The van der Waals surface area contributed by atoms with Gasteiger partial charge in [-0.3, -0.25) is 10.0 Å². The number of nitrogen functional groups attached to an aromatic ring is 1. The van der Waals surface area contributed by atoms with Crippen molar-refractivity contribution < 1.29 is 10.0 Å². The Kier molecular flexibility index (Phi) is 8.46. The van der Waals surface area contributed by atoms with E-state index in [0.29, 0.717) is 29.2 Å². The SMILES string of the molecule is C=C(Nc1cccc(/C=C/C(=N)c2cc(NC(=O)Cc3cccs3)c(C)cc2N)c1)N(O)C(C)C. The highest BCUT2D eigenvalue weighted by Crippen LogP contribution is 2.25. The molecule has 8 heteroatoms. The minimum Gasteiger partial charge on any atom is -0.398 e. The standard InChI is InChI=1S/C27H31N5O2S/c1-17(2)32(34)19(4)30-21-8-5-7-20(14-21)10-11-24(28)23-16-26(18(3)13-25(23)29)31-27(33)15-22-9-6-12-35-22/h5-14,16-17,28,30,34H,4,15,29H2,1-3H3,(H,31,33)/b11-10+,28-24?. The van der Waals surface area contributed by atoms with E-state index in [1.807, 2.05) is 68.6 Å². The Morgan fingerprint density at radius 3 is 2.69 bits per heavy atom. The van der Waals surface area contributed by atoms with Gasteiger partial charge in [-0.25, -0.2) is 5.06 Å². The predicted octanol–water partition coefficient (Wildman–Crippen LogP) is 5.88. The fourth-order valence-corrected chi connectivity index (χ4v) is 4.09. The van der Waals surface area contributed by atoms with Crippen LogP contribution in [0.1, 0.15) is 35.4 Å². The monoisotopic (exact) mass is 489 g/mol. The molecular formula is C27H31N5O2S. The lowest BCUT2D eigenvalue weighted by molar-refractivity contribution is -0.115. The van der Waals surface area contributed by atoms with Gasteiger partial charge in [0.15, 0.2) is 0 Å². The first-order chi connectivity index (χ1) is 16.6. The number of nitrogens with zero attached hydrogens (tertiary/aromatic N) is 1. The third-order valence-electron chi connectivity index (χ3n) is 5.26. The predicted molar refractivity (Wildman–Crippen MR) is 146 cm³/mol. The molecule has 2 aromatic carbocycles. The maximum Gasteiger partial charge on any atom is 0.229 e. The van der Waals surface area contributed by atoms with Crippen molar-refractivity contribution in [3.8, 4) is 0 Å². The molecule has 0 atom stereocenters. The van der Waals surface area contributed by atoms with Gasteiger partial charge < -0.3 is 21.8 Å². The first kappa shape index (κ1) is 25.7. The molecule has 1 aromatic heterocycles. The highest BCUT2D eigenvalue weighted by molar-refractivity contribution is 7.10.